The number of ether oxygens (including phenoxy) is 1. The minimum atomic E-state index is -0.196. The van der Waals surface area contributed by atoms with Gasteiger partial charge in [-0.2, -0.15) is 4.98 Å². The molecule has 0 fully saturated rings. The summed E-state index contributed by atoms with van der Waals surface area (Å²) in [4.78, 5) is 8.21. The zero-order valence-corrected chi connectivity index (χ0v) is 10.3. The van der Waals surface area contributed by atoms with Gasteiger partial charge in [-0.1, -0.05) is 12.1 Å². The number of pyridine rings is 1. The summed E-state index contributed by atoms with van der Waals surface area (Å²) in [5.74, 6) is 0.679. The fraction of sp³-hybridized carbons (Fsp3) is 0.417. The third-order valence-electron chi connectivity index (χ3n) is 2.46. The van der Waals surface area contributed by atoms with Gasteiger partial charge in [-0.05, 0) is 25.5 Å². The van der Waals surface area contributed by atoms with E-state index >= 15 is 0 Å². The molecule has 18 heavy (non-hydrogen) atoms. The van der Waals surface area contributed by atoms with Crippen LogP contribution in [0.2, 0.25) is 0 Å². The zero-order chi connectivity index (χ0) is 13.0. The number of nitrogens with zero attached hydrogens (tertiary/aromatic N) is 3. The topological polar surface area (TPSA) is 81.3 Å². The summed E-state index contributed by atoms with van der Waals surface area (Å²) in [6.07, 6.45) is 2.11. The van der Waals surface area contributed by atoms with Crippen LogP contribution in [-0.4, -0.2) is 26.8 Å². The monoisotopic (exact) mass is 249 g/mol. The van der Waals surface area contributed by atoms with Gasteiger partial charge in [0, 0.05) is 12.8 Å². The SMILES string of the molecule is CCOC(CC)c1noc(-c2ncccc2O)n1. The van der Waals surface area contributed by atoms with Crippen LogP contribution in [-0.2, 0) is 4.74 Å². The lowest BCUT2D eigenvalue weighted by Gasteiger charge is -2.09. The van der Waals surface area contributed by atoms with E-state index in [0.717, 1.165) is 6.42 Å². The van der Waals surface area contributed by atoms with E-state index in [1.54, 1.807) is 12.3 Å². The molecule has 0 aliphatic carbocycles. The van der Waals surface area contributed by atoms with Crippen LogP contribution in [0.15, 0.2) is 22.9 Å². The maximum atomic E-state index is 9.65. The molecule has 1 atom stereocenters. The number of hydrogen-bond acceptors (Lipinski definition) is 6. The van der Waals surface area contributed by atoms with Crippen molar-refractivity contribution in [1.29, 1.82) is 0 Å². The summed E-state index contributed by atoms with van der Waals surface area (Å²) < 4.78 is 10.6. The lowest BCUT2D eigenvalue weighted by molar-refractivity contribution is 0.0518. The molecule has 0 spiro atoms. The molecule has 2 rings (SSSR count). The summed E-state index contributed by atoms with van der Waals surface area (Å²) in [6, 6.07) is 3.15. The van der Waals surface area contributed by atoms with Crippen molar-refractivity contribution in [3.8, 4) is 17.3 Å². The number of rotatable bonds is 5. The molecule has 2 aromatic heterocycles. The van der Waals surface area contributed by atoms with E-state index in [9.17, 15) is 5.11 Å². The molecular weight excluding hydrogens is 234 g/mol. The molecule has 96 valence electrons. The summed E-state index contributed by atoms with van der Waals surface area (Å²) in [7, 11) is 0. The van der Waals surface area contributed by atoms with Gasteiger partial charge >= 0.3 is 0 Å². The Morgan fingerprint density at radius 3 is 2.94 bits per heavy atom. The van der Waals surface area contributed by atoms with Crippen molar-refractivity contribution >= 4 is 0 Å². The first-order valence-corrected chi connectivity index (χ1v) is 5.85. The van der Waals surface area contributed by atoms with E-state index in [0.29, 0.717) is 12.4 Å². The summed E-state index contributed by atoms with van der Waals surface area (Å²) in [6.45, 7) is 4.47. The Labute approximate surface area is 105 Å². The van der Waals surface area contributed by atoms with Gasteiger partial charge < -0.3 is 14.4 Å². The molecule has 1 N–H and O–H groups in total. The number of aromatic hydroxyl groups is 1. The fourth-order valence-electron chi connectivity index (χ4n) is 1.60. The summed E-state index contributed by atoms with van der Waals surface area (Å²) in [5.41, 5.74) is 0.280. The molecule has 0 radical (unpaired) electrons. The van der Waals surface area contributed by atoms with Crippen molar-refractivity contribution in [2.75, 3.05) is 6.61 Å². The molecular formula is C12H15N3O3. The van der Waals surface area contributed by atoms with Crippen LogP contribution in [0.3, 0.4) is 0 Å². The second kappa shape index (κ2) is 5.59. The molecule has 0 bridgehead atoms. The Morgan fingerprint density at radius 1 is 1.44 bits per heavy atom. The Balaban J connectivity index is 2.28. The Bertz CT molecular complexity index is 513. The molecule has 2 heterocycles. The largest absolute Gasteiger partial charge is 0.505 e. The second-order valence-corrected chi connectivity index (χ2v) is 3.68. The average molecular weight is 249 g/mol. The second-order valence-electron chi connectivity index (χ2n) is 3.68. The molecule has 0 aromatic carbocycles. The highest BCUT2D eigenvalue weighted by Gasteiger charge is 2.19. The maximum Gasteiger partial charge on any atom is 0.280 e. The Hall–Kier alpha value is -1.95. The third-order valence-corrected chi connectivity index (χ3v) is 2.46. The molecule has 1 unspecified atom stereocenters. The molecule has 0 amide bonds. The predicted octanol–water partition coefficient (Wildman–Crippen LogP) is 2.32. The van der Waals surface area contributed by atoms with E-state index in [1.165, 1.54) is 6.07 Å². The van der Waals surface area contributed by atoms with Gasteiger partial charge in [-0.15, -0.1) is 0 Å². The summed E-state index contributed by atoms with van der Waals surface area (Å²) >= 11 is 0. The van der Waals surface area contributed by atoms with Crippen molar-refractivity contribution in [2.24, 2.45) is 0 Å². The standard InChI is InChI=1S/C12H15N3O3/c1-3-9(17-4-2)11-14-12(18-15-11)10-8(16)6-5-7-13-10/h5-7,9,16H,3-4H2,1-2H3. The lowest BCUT2D eigenvalue weighted by atomic mass is 10.2. The third kappa shape index (κ3) is 2.48. The first kappa shape index (κ1) is 12.5. The molecule has 0 saturated heterocycles. The molecule has 2 aromatic rings. The highest BCUT2D eigenvalue weighted by atomic mass is 16.5. The smallest absolute Gasteiger partial charge is 0.280 e. The van der Waals surface area contributed by atoms with E-state index in [2.05, 4.69) is 15.1 Å². The van der Waals surface area contributed by atoms with Crippen molar-refractivity contribution in [1.82, 2.24) is 15.1 Å². The lowest BCUT2D eigenvalue weighted by Crippen LogP contribution is -2.04. The van der Waals surface area contributed by atoms with E-state index in [1.807, 2.05) is 13.8 Å². The van der Waals surface area contributed by atoms with Crippen LogP contribution in [0.25, 0.3) is 11.6 Å². The molecule has 0 aliphatic rings. The average Bonchev–Trinajstić information content (AvgIpc) is 2.85. The predicted molar refractivity (Wildman–Crippen MR) is 63.9 cm³/mol. The highest BCUT2D eigenvalue weighted by Crippen LogP contribution is 2.26. The fourth-order valence-corrected chi connectivity index (χ4v) is 1.60. The molecule has 0 aliphatic heterocycles. The van der Waals surface area contributed by atoms with Crippen LogP contribution in [0.4, 0.5) is 0 Å². The van der Waals surface area contributed by atoms with Gasteiger partial charge in [0.1, 0.15) is 11.9 Å². The van der Waals surface area contributed by atoms with Crippen LogP contribution < -0.4 is 0 Å². The first-order chi connectivity index (χ1) is 8.76. The van der Waals surface area contributed by atoms with Crippen molar-refractivity contribution in [2.45, 2.75) is 26.4 Å². The van der Waals surface area contributed by atoms with Gasteiger partial charge in [-0.25, -0.2) is 4.98 Å². The zero-order valence-electron chi connectivity index (χ0n) is 10.3. The van der Waals surface area contributed by atoms with Gasteiger partial charge in [0.15, 0.2) is 5.69 Å². The first-order valence-electron chi connectivity index (χ1n) is 5.85. The number of aromatic nitrogens is 3. The maximum absolute atomic E-state index is 9.65. The van der Waals surface area contributed by atoms with Gasteiger partial charge in [0.05, 0.1) is 0 Å². The van der Waals surface area contributed by atoms with Crippen LogP contribution in [0, 0.1) is 0 Å². The van der Waals surface area contributed by atoms with E-state index in [-0.39, 0.29) is 23.4 Å². The van der Waals surface area contributed by atoms with Gasteiger partial charge in [0.25, 0.3) is 5.89 Å². The van der Waals surface area contributed by atoms with Crippen molar-refractivity contribution in [3.63, 3.8) is 0 Å². The normalized spacial score (nSPS) is 12.6. The minimum absolute atomic E-state index is 0.0113. The van der Waals surface area contributed by atoms with Crippen LogP contribution >= 0.6 is 0 Å². The quantitative estimate of drug-likeness (QED) is 0.875. The van der Waals surface area contributed by atoms with Crippen LogP contribution in [0.1, 0.15) is 32.2 Å². The van der Waals surface area contributed by atoms with Crippen molar-refractivity contribution < 1.29 is 14.4 Å². The van der Waals surface area contributed by atoms with Crippen molar-refractivity contribution in [3.05, 3.63) is 24.2 Å². The summed E-state index contributed by atoms with van der Waals surface area (Å²) in [5, 5.41) is 13.5. The minimum Gasteiger partial charge on any atom is -0.505 e. The Kier molecular flexibility index (Phi) is 3.88. The van der Waals surface area contributed by atoms with E-state index in [4.69, 9.17) is 9.26 Å². The van der Waals surface area contributed by atoms with Crippen LogP contribution in [0.5, 0.6) is 5.75 Å². The molecule has 6 heteroatoms. The van der Waals surface area contributed by atoms with E-state index < -0.39 is 0 Å². The Morgan fingerprint density at radius 2 is 2.28 bits per heavy atom. The van der Waals surface area contributed by atoms with Gasteiger partial charge in [0.2, 0.25) is 5.82 Å². The number of hydrogen-bond donors (Lipinski definition) is 1. The molecule has 0 saturated carbocycles. The van der Waals surface area contributed by atoms with Gasteiger partial charge in [-0.3, -0.25) is 0 Å². The molecule has 6 nitrogen and oxygen atoms in total. The highest BCUT2D eigenvalue weighted by molar-refractivity contribution is 5.55.